The number of hydrogen-bond acceptors (Lipinski definition) is 5. The zero-order chi connectivity index (χ0) is 19.2. The van der Waals surface area contributed by atoms with Gasteiger partial charge < -0.3 is 13.9 Å². The van der Waals surface area contributed by atoms with Gasteiger partial charge in [-0.1, -0.05) is 0 Å². The predicted octanol–water partition coefficient (Wildman–Crippen LogP) is 4.20. The normalized spacial score (nSPS) is 11.1. The molecular weight excluding hydrogens is 344 g/mol. The molecule has 0 aliphatic carbocycles. The van der Waals surface area contributed by atoms with Gasteiger partial charge in [0, 0.05) is 13.2 Å². The van der Waals surface area contributed by atoms with Crippen LogP contribution in [0.1, 0.15) is 34.5 Å². The van der Waals surface area contributed by atoms with Crippen molar-refractivity contribution in [3.63, 3.8) is 0 Å². The van der Waals surface area contributed by atoms with Gasteiger partial charge in [-0.15, -0.1) is 0 Å². The number of hydrogen-bond donors (Lipinski definition) is 0. The summed E-state index contributed by atoms with van der Waals surface area (Å²) in [6.07, 6.45) is 4.84. The molecular formula is C21H22N2O4. The summed E-state index contributed by atoms with van der Waals surface area (Å²) in [4.78, 5) is 12.2. The highest BCUT2D eigenvalue weighted by Crippen LogP contribution is 2.19. The van der Waals surface area contributed by atoms with Gasteiger partial charge in [0.2, 0.25) is 0 Å². The Kier molecular flexibility index (Phi) is 5.76. The van der Waals surface area contributed by atoms with Crippen LogP contribution in [0.4, 0.5) is 0 Å². The van der Waals surface area contributed by atoms with E-state index in [9.17, 15) is 4.79 Å². The van der Waals surface area contributed by atoms with Crippen LogP contribution >= 0.6 is 0 Å². The molecule has 0 saturated carbocycles. The summed E-state index contributed by atoms with van der Waals surface area (Å²) in [5.41, 5.74) is 1.29. The fourth-order valence-electron chi connectivity index (χ4n) is 2.60. The van der Waals surface area contributed by atoms with Crippen molar-refractivity contribution < 1.29 is 18.7 Å². The number of ether oxygens (including phenoxy) is 2. The number of nitrogens with zero attached hydrogens (tertiary/aromatic N) is 2. The molecule has 3 aromatic rings. The molecule has 1 aromatic carbocycles. The summed E-state index contributed by atoms with van der Waals surface area (Å²) in [5.74, 6) is 2.70. The molecule has 27 heavy (non-hydrogen) atoms. The zero-order valence-electron chi connectivity index (χ0n) is 15.6. The van der Waals surface area contributed by atoms with E-state index in [1.54, 1.807) is 30.1 Å². The molecule has 0 amide bonds. The molecule has 0 spiro atoms. The summed E-state index contributed by atoms with van der Waals surface area (Å²) in [6.45, 7) is 4.69. The van der Waals surface area contributed by atoms with Crippen LogP contribution in [0.5, 0.6) is 11.5 Å². The van der Waals surface area contributed by atoms with Crippen molar-refractivity contribution in [3.05, 3.63) is 71.4 Å². The number of rotatable bonds is 8. The Morgan fingerprint density at radius 3 is 2.48 bits per heavy atom. The Bertz CT molecular complexity index is 936. The largest absolute Gasteiger partial charge is 0.494 e. The van der Waals surface area contributed by atoms with Gasteiger partial charge in [0.1, 0.15) is 29.6 Å². The average Bonchev–Trinajstić information content (AvgIpc) is 3.25. The number of carbonyl (C=O) groups excluding carboxylic acids is 1. The standard InChI is InChI=1S/C21H22N2O4/c1-4-25-16-5-7-17(8-6-16)26-14-19-10-9-18(27-19)11-12-21(24)20-13-23(3)22-15(20)2/h5-13H,4,14H2,1-3H3/b12-11+. The van der Waals surface area contributed by atoms with Crippen LogP contribution in [0.25, 0.3) is 6.08 Å². The molecule has 140 valence electrons. The Morgan fingerprint density at radius 1 is 1.15 bits per heavy atom. The van der Waals surface area contributed by atoms with Crippen molar-refractivity contribution in [1.29, 1.82) is 0 Å². The maximum atomic E-state index is 12.2. The summed E-state index contributed by atoms with van der Waals surface area (Å²) in [7, 11) is 1.79. The number of benzene rings is 1. The third-order valence-electron chi connectivity index (χ3n) is 3.88. The van der Waals surface area contributed by atoms with Gasteiger partial charge in [-0.2, -0.15) is 5.10 Å². The Hall–Kier alpha value is -3.28. The Morgan fingerprint density at radius 2 is 1.85 bits per heavy atom. The van der Waals surface area contributed by atoms with Crippen molar-refractivity contribution in [1.82, 2.24) is 9.78 Å². The van der Waals surface area contributed by atoms with E-state index in [1.165, 1.54) is 6.08 Å². The van der Waals surface area contributed by atoms with Crippen molar-refractivity contribution in [2.75, 3.05) is 6.61 Å². The quantitative estimate of drug-likeness (QED) is 0.442. The van der Waals surface area contributed by atoms with E-state index in [2.05, 4.69) is 5.10 Å². The first-order chi connectivity index (χ1) is 13.0. The van der Waals surface area contributed by atoms with Crippen LogP contribution in [0.15, 0.2) is 53.1 Å². The number of allylic oxidation sites excluding steroid dienone is 1. The molecule has 2 aromatic heterocycles. The minimum absolute atomic E-state index is 0.107. The van der Waals surface area contributed by atoms with Crippen molar-refractivity contribution >= 4 is 11.9 Å². The smallest absolute Gasteiger partial charge is 0.189 e. The monoisotopic (exact) mass is 366 g/mol. The molecule has 0 fully saturated rings. The summed E-state index contributed by atoms with van der Waals surface area (Å²) in [5, 5.41) is 4.17. The highest BCUT2D eigenvalue weighted by Gasteiger charge is 2.10. The highest BCUT2D eigenvalue weighted by molar-refractivity contribution is 6.07. The van der Waals surface area contributed by atoms with Gasteiger partial charge in [-0.3, -0.25) is 9.48 Å². The second-order valence-electron chi connectivity index (χ2n) is 6.00. The first-order valence-electron chi connectivity index (χ1n) is 8.72. The van der Waals surface area contributed by atoms with E-state index >= 15 is 0 Å². The lowest BCUT2D eigenvalue weighted by atomic mass is 10.1. The lowest BCUT2D eigenvalue weighted by Crippen LogP contribution is -1.95. The minimum atomic E-state index is -0.107. The number of carbonyl (C=O) groups is 1. The van der Waals surface area contributed by atoms with E-state index < -0.39 is 0 Å². The molecule has 0 aliphatic heterocycles. The van der Waals surface area contributed by atoms with Gasteiger partial charge in [0.05, 0.1) is 17.9 Å². The Labute approximate surface area is 158 Å². The summed E-state index contributed by atoms with van der Waals surface area (Å²) < 4.78 is 18.4. The van der Waals surface area contributed by atoms with Crippen LogP contribution in [0.3, 0.4) is 0 Å². The van der Waals surface area contributed by atoms with Crippen LogP contribution in [0.2, 0.25) is 0 Å². The molecule has 6 heteroatoms. The number of furan rings is 1. The van der Waals surface area contributed by atoms with E-state index in [0.717, 1.165) is 11.5 Å². The number of aromatic nitrogens is 2. The maximum absolute atomic E-state index is 12.2. The maximum Gasteiger partial charge on any atom is 0.189 e. The molecule has 0 atom stereocenters. The van der Waals surface area contributed by atoms with Gasteiger partial charge in [-0.05, 0) is 62.4 Å². The van der Waals surface area contributed by atoms with Crippen molar-refractivity contribution in [3.8, 4) is 11.5 Å². The first kappa shape index (κ1) is 18.5. The topological polar surface area (TPSA) is 66.5 Å². The molecule has 0 bridgehead atoms. The van der Waals surface area contributed by atoms with E-state index in [1.807, 2.05) is 44.2 Å². The third-order valence-corrected chi connectivity index (χ3v) is 3.88. The molecule has 2 heterocycles. The molecule has 3 rings (SSSR count). The first-order valence-corrected chi connectivity index (χ1v) is 8.72. The zero-order valence-corrected chi connectivity index (χ0v) is 15.6. The van der Waals surface area contributed by atoms with Crippen molar-refractivity contribution in [2.24, 2.45) is 7.05 Å². The van der Waals surface area contributed by atoms with E-state index in [4.69, 9.17) is 13.9 Å². The molecule has 0 radical (unpaired) electrons. The average molecular weight is 366 g/mol. The SMILES string of the molecule is CCOc1ccc(OCc2ccc(/C=C/C(=O)c3cn(C)nc3C)o2)cc1. The van der Waals surface area contributed by atoms with Crippen molar-refractivity contribution in [2.45, 2.75) is 20.5 Å². The lowest BCUT2D eigenvalue weighted by Gasteiger charge is -2.06. The molecule has 0 N–H and O–H groups in total. The lowest BCUT2D eigenvalue weighted by molar-refractivity contribution is 0.104. The van der Waals surface area contributed by atoms with E-state index in [0.29, 0.717) is 36.0 Å². The van der Waals surface area contributed by atoms with Crippen LogP contribution in [-0.4, -0.2) is 22.2 Å². The highest BCUT2D eigenvalue weighted by atomic mass is 16.5. The number of ketones is 1. The molecule has 6 nitrogen and oxygen atoms in total. The van der Waals surface area contributed by atoms with Crippen LogP contribution in [-0.2, 0) is 13.7 Å². The van der Waals surface area contributed by atoms with E-state index in [-0.39, 0.29) is 5.78 Å². The minimum Gasteiger partial charge on any atom is -0.494 e. The van der Waals surface area contributed by atoms with Gasteiger partial charge >= 0.3 is 0 Å². The molecule has 0 aliphatic rings. The summed E-state index contributed by atoms with van der Waals surface area (Å²) in [6, 6.07) is 11.1. The second kappa shape index (κ2) is 8.40. The van der Waals surface area contributed by atoms with Gasteiger partial charge in [0.15, 0.2) is 5.78 Å². The Balaban J connectivity index is 1.56. The number of aryl methyl sites for hydroxylation is 2. The molecule has 0 unspecified atom stereocenters. The molecule has 0 saturated heterocycles. The predicted molar refractivity (Wildman–Crippen MR) is 102 cm³/mol. The van der Waals surface area contributed by atoms with Gasteiger partial charge in [0.25, 0.3) is 0 Å². The van der Waals surface area contributed by atoms with Gasteiger partial charge in [-0.25, -0.2) is 0 Å². The van der Waals surface area contributed by atoms with Crippen LogP contribution in [0, 0.1) is 6.92 Å². The fourth-order valence-corrected chi connectivity index (χ4v) is 2.60. The van der Waals surface area contributed by atoms with Crippen LogP contribution < -0.4 is 9.47 Å². The second-order valence-corrected chi connectivity index (χ2v) is 6.00. The fraction of sp³-hybridized carbons (Fsp3) is 0.238. The summed E-state index contributed by atoms with van der Waals surface area (Å²) >= 11 is 0. The third kappa shape index (κ3) is 4.88.